The number of aliphatic hydroxyl groups is 1. The highest BCUT2D eigenvalue weighted by molar-refractivity contribution is 6.32. The van der Waals surface area contributed by atoms with E-state index in [4.69, 9.17) is 16.9 Å². The third-order valence-electron chi connectivity index (χ3n) is 4.34. The van der Waals surface area contributed by atoms with Gasteiger partial charge in [-0.1, -0.05) is 25.4 Å². The first kappa shape index (κ1) is 16.9. The normalized spacial score (nSPS) is 26.8. The van der Waals surface area contributed by atoms with Gasteiger partial charge < -0.3 is 10.0 Å². The van der Waals surface area contributed by atoms with E-state index in [0.29, 0.717) is 12.2 Å². The fourth-order valence-corrected chi connectivity index (χ4v) is 3.14. The van der Waals surface area contributed by atoms with Gasteiger partial charge in [0.15, 0.2) is 6.10 Å². The topological polar surface area (TPSA) is 47.3 Å². The first-order chi connectivity index (χ1) is 10.2. The molecule has 0 bridgehead atoms. The minimum Gasteiger partial charge on any atom is -0.382 e. The molecule has 2 rings (SSSR count). The van der Waals surface area contributed by atoms with Gasteiger partial charge in [-0.2, -0.15) is 18.4 Å². The van der Waals surface area contributed by atoms with E-state index in [2.05, 4.69) is 0 Å². The van der Waals surface area contributed by atoms with Crippen LogP contribution < -0.4 is 4.90 Å². The van der Waals surface area contributed by atoms with Gasteiger partial charge in [0.05, 0.1) is 16.6 Å². The van der Waals surface area contributed by atoms with Gasteiger partial charge in [-0.15, -0.1) is 0 Å². The highest BCUT2D eigenvalue weighted by Gasteiger charge is 2.51. The number of hydrogen-bond acceptors (Lipinski definition) is 3. The van der Waals surface area contributed by atoms with E-state index in [0.717, 1.165) is 0 Å². The second-order valence-corrected chi connectivity index (χ2v) is 6.15. The second kappa shape index (κ2) is 5.98. The van der Waals surface area contributed by atoms with Gasteiger partial charge in [-0.25, -0.2) is 0 Å². The third-order valence-corrected chi connectivity index (χ3v) is 4.66. The molecule has 1 saturated heterocycles. The summed E-state index contributed by atoms with van der Waals surface area (Å²) in [6.45, 7) is 3.95. The Kier molecular flexibility index (Phi) is 4.59. The average molecular weight is 333 g/mol. The van der Waals surface area contributed by atoms with Crippen molar-refractivity contribution in [3.63, 3.8) is 0 Å². The lowest BCUT2D eigenvalue weighted by Crippen LogP contribution is -2.49. The summed E-state index contributed by atoms with van der Waals surface area (Å²) in [6, 6.07) is 5.35. The van der Waals surface area contributed by atoms with Crippen molar-refractivity contribution in [3.8, 4) is 6.07 Å². The van der Waals surface area contributed by atoms with E-state index in [-0.39, 0.29) is 22.4 Å². The van der Waals surface area contributed by atoms with Crippen molar-refractivity contribution >= 4 is 17.3 Å². The molecule has 0 spiro atoms. The van der Waals surface area contributed by atoms with Crippen LogP contribution in [0.2, 0.25) is 5.02 Å². The summed E-state index contributed by atoms with van der Waals surface area (Å²) < 4.78 is 38.8. The summed E-state index contributed by atoms with van der Waals surface area (Å²) in [4.78, 5) is 1.53. The van der Waals surface area contributed by atoms with Crippen molar-refractivity contribution in [2.24, 2.45) is 11.8 Å². The van der Waals surface area contributed by atoms with Gasteiger partial charge in [0.2, 0.25) is 0 Å². The number of halogens is 4. The van der Waals surface area contributed by atoms with E-state index in [1.54, 1.807) is 13.0 Å². The zero-order valence-electron chi connectivity index (χ0n) is 12.1. The number of rotatable bonds is 2. The molecule has 1 fully saturated rings. The molecular formula is C15H16ClF3N2O. The Labute approximate surface area is 131 Å². The van der Waals surface area contributed by atoms with Crippen molar-refractivity contribution in [3.05, 3.63) is 28.8 Å². The number of hydrogen-bond donors (Lipinski definition) is 1. The smallest absolute Gasteiger partial charge is 0.382 e. The zero-order chi connectivity index (χ0) is 16.7. The molecule has 1 heterocycles. The number of nitrogens with zero attached hydrogens (tertiary/aromatic N) is 2. The highest BCUT2D eigenvalue weighted by Crippen LogP contribution is 2.40. The predicted molar refractivity (Wildman–Crippen MR) is 77.7 cm³/mol. The van der Waals surface area contributed by atoms with Crippen LogP contribution in [0.4, 0.5) is 18.9 Å². The Bertz CT molecular complexity index is 599. The molecule has 22 heavy (non-hydrogen) atoms. The maximum absolute atomic E-state index is 12.9. The fraction of sp³-hybridized carbons (Fsp3) is 0.533. The SMILES string of the molecule is C[C@@H]1[C@H]([C@H](O)C(F)(F)F)N(c2ccc(C#N)c(Cl)c2)C[C@@H]1C. The Morgan fingerprint density at radius 2 is 2.05 bits per heavy atom. The third kappa shape index (κ3) is 3.01. The van der Waals surface area contributed by atoms with Crippen LogP contribution in [0.5, 0.6) is 0 Å². The molecule has 1 N–H and O–H groups in total. The maximum atomic E-state index is 12.9. The van der Waals surface area contributed by atoms with Crippen LogP contribution in [0.15, 0.2) is 18.2 Å². The number of benzene rings is 1. The lowest BCUT2D eigenvalue weighted by molar-refractivity contribution is -0.211. The molecule has 120 valence electrons. The molecule has 0 unspecified atom stereocenters. The maximum Gasteiger partial charge on any atom is 0.416 e. The van der Waals surface area contributed by atoms with Crippen molar-refractivity contribution in [2.45, 2.75) is 32.2 Å². The monoisotopic (exact) mass is 332 g/mol. The molecule has 1 aliphatic heterocycles. The van der Waals surface area contributed by atoms with E-state index in [9.17, 15) is 18.3 Å². The summed E-state index contributed by atoms with van der Waals surface area (Å²) in [5.74, 6) is -0.331. The van der Waals surface area contributed by atoms with Gasteiger partial charge in [0.1, 0.15) is 6.07 Å². The molecule has 0 amide bonds. The van der Waals surface area contributed by atoms with Gasteiger partial charge in [-0.05, 0) is 30.0 Å². The lowest BCUT2D eigenvalue weighted by Gasteiger charge is -2.33. The molecular weight excluding hydrogens is 317 g/mol. The number of anilines is 1. The standard InChI is InChI=1S/C15H16ClF3N2O/c1-8-7-21(11-4-3-10(6-20)12(16)5-11)13(9(8)2)14(22)15(17,18)19/h3-5,8-9,13-14,22H,7H2,1-2H3/t8-,9-,13+,14-/m0/s1. The average Bonchev–Trinajstić information content (AvgIpc) is 2.73. The summed E-state index contributed by atoms with van der Waals surface area (Å²) in [5, 5.41) is 18.8. The summed E-state index contributed by atoms with van der Waals surface area (Å²) in [5.41, 5.74) is 0.743. The predicted octanol–water partition coefficient (Wildman–Crippen LogP) is 3.60. The molecule has 1 aromatic rings. The number of alkyl halides is 3. The number of nitriles is 1. The van der Waals surface area contributed by atoms with Crippen LogP contribution in [0.1, 0.15) is 19.4 Å². The minimum atomic E-state index is -4.68. The van der Waals surface area contributed by atoms with E-state index in [1.807, 2.05) is 13.0 Å². The van der Waals surface area contributed by atoms with Gasteiger partial charge in [0, 0.05) is 12.2 Å². The van der Waals surface area contributed by atoms with E-state index >= 15 is 0 Å². The van der Waals surface area contributed by atoms with Gasteiger partial charge in [0.25, 0.3) is 0 Å². The number of aliphatic hydroxyl groups excluding tert-OH is 1. The molecule has 0 saturated carbocycles. The van der Waals surface area contributed by atoms with Crippen molar-refractivity contribution in [1.29, 1.82) is 5.26 Å². The Balaban J connectivity index is 2.40. The molecule has 1 aromatic carbocycles. The molecule has 0 radical (unpaired) electrons. The fourth-order valence-electron chi connectivity index (χ4n) is 2.92. The van der Waals surface area contributed by atoms with Crippen LogP contribution in [0.25, 0.3) is 0 Å². The quantitative estimate of drug-likeness (QED) is 0.900. The van der Waals surface area contributed by atoms with Gasteiger partial charge >= 0.3 is 6.18 Å². The van der Waals surface area contributed by atoms with Gasteiger partial charge in [-0.3, -0.25) is 0 Å². The molecule has 0 aromatic heterocycles. The summed E-state index contributed by atoms with van der Waals surface area (Å²) >= 11 is 5.96. The van der Waals surface area contributed by atoms with Crippen LogP contribution >= 0.6 is 11.6 Å². The van der Waals surface area contributed by atoms with E-state index in [1.165, 1.54) is 17.0 Å². The van der Waals surface area contributed by atoms with Crippen LogP contribution in [0, 0.1) is 23.2 Å². The van der Waals surface area contributed by atoms with Crippen molar-refractivity contribution in [1.82, 2.24) is 0 Å². The zero-order valence-corrected chi connectivity index (χ0v) is 12.9. The van der Waals surface area contributed by atoms with Crippen LogP contribution in [0.3, 0.4) is 0 Å². The second-order valence-electron chi connectivity index (χ2n) is 5.74. The molecule has 4 atom stereocenters. The van der Waals surface area contributed by atoms with E-state index < -0.39 is 18.3 Å². The van der Waals surface area contributed by atoms with Crippen molar-refractivity contribution < 1.29 is 18.3 Å². The van der Waals surface area contributed by atoms with Crippen molar-refractivity contribution in [2.75, 3.05) is 11.4 Å². The van der Waals surface area contributed by atoms with Crippen LogP contribution in [-0.4, -0.2) is 30.0 Å². The summed E-state index contributed by atoms with van der Waals surface area (Å²) in [7, 11) is 0. The Morgan fingerprint density at radius 1 is 1.41 bits per heavy atom. The molecule has 3 nitrogen and oxygen atoms in total. The Morgan fingerprint density at radius 3 is 2.55 bits per heavy atom. The highest BCUT2D eigenvalue weighted by atomic mass is 35.5. The first-order valence-electron chi connectivity index (χ1n) is 6.88. The Hall–Kier alpha value is -1.45. The molecule has 1 aliphatic rings. The minimum absolute atomic E-state index is 0.00332. The summed E-state index contributed by atoms with van der Waals surface area (Å²) in [6.07, 6.45) is -7.11. The molecule has 0 aliphatic carbocycles. The largest absolute Gasteiger partial charge is 0.416 e. The first-order valence-corrected chi connectivity index (χ1v) is 7.25. The van der Waals surface area contributed by atoms with Crippen LogP contribution in [-0.2, 0) is 0 Å². The molecule has 7 heteroatoms. The lowest BCUT2D eigenvalue weighted by atomic mass is 9.90.